The van der Waals surface area contributed by atoms with E-state index in [1.54, 1.807) is 19.2 Å². The molecule has 220 valence electrons. The van der Waals surface area contributed by atoms with Crippen molar-refractivity contribution in [3.05, 3.63) is 70.3 Å². The molecule has 2 aliphatic heterocycles. The Morgan fingerprint density at radius 2 is 1.69 bits per heavy atom. The van der Waals surface area contributed by atoms with E-state index in [1.807, 2.05) is 41.8 Å². The molecule has 3 heterocycles. The van der Waals surface area contributed by atoms with Crippen LogP contribution in [0.3, 0.4) is 0 Å². The number of methoxy groups -OCH3 is 1. The topological polar surface area (TPSA) is 171 Å². The molecule has 0 bridgehead atoms. The van der Waals surface area contributed by atoms with Gasteiger partial charge in [-0.05, 0) is 37.3 Å². The average Bonchev–Trinajstić information content (AvgIpc) is 3.49. The minimum Gasteiger partial charge on any atom is -0.497 e. The standard InChI is InChI=1S/C28H30ClN7O6/c1-15-33-34-28-20(10-24(39)30-11-25(40)31-12-26(41)35-13-22(37)23(38)14-35)32-27(16-3-5-17(29)6-4-16)19-9-18(42-2)7-8-21(19)36(15)28/h3-9,20,22-23,37-38H,10-14H2,1-2H3,(H,30,39)(H,31,40)/t20-,22-,23+/m0/s1. The molecule has 42 heavy (non-hydrogen) atoms. The fourth-order valence-electron chi connectivity index (χ4n) is 4.93. The Hall–Kier alpha value is -4.33. The number of hydrogen-bond acceptors (Lipinski definition) is 9. The van der Waals surface area contributed by atoms with Crippen molar-refractivity contribution in [2.45, 2.75) is 31.6 Å². The summed E-state index contributed by atoms with van der Waals surface area (Å²) >= 11 is 6.14. The lowest BCUT2D eigenvalue weighted by Gasteiger charge is -2.16. The lowest BCUT2D eigenvalue weighted by Crippen LogP contribution is -2.43. The maximum atomic E-state index is 13.0. The Bertz CT molecular complexity index is 1530. The lowest BCUT2D eigenvalue weighted by molar-refractivity contribution is -0.132. The molecular weight excluding hydrogens is 566 g/mol. The highest BCUT2D eigenvalue weighted by Gasteiger charge is 2.33. The van der Waals surface area contributed by atoms with Crippen molar-refractivity contribution in [3.63, 3.8) is 0 Å². The molecule has 2 aromatic carbocycles. The van der Waals surface area contributed by atoms with E-state index in [9.17, 15) is 24.6 Å². The number of carbonyl (C=O) groups is 3. The third-order valence-electron chi connectivity index (χ3n) is 7.12. The van der Waals surface area contributed by atoms with E-state index in [4.69, 9.17) is 21.3 Å². The van der Waals surface area contributed by atoms with Crippen LogP contribution in [0, 0.1) is 6.92 Å². The van der Waals surface area contributed by atoms with Gasteiger partial charge >= 0.3 is 0 Å². The molecule has 3 atom stereocenters. The summed E-state index contributed by atoms with van der Waals surface area (Å²) < 4.78 is 7.33. The number of fused-ring (bicyclic) bond motifs is 3. The minimum absolute atomic E-state index is 0.00668. The Balaban J connectivity index is 1.33. The van der Waals surface area contributed by atoms with Gasteiger partial charge in [0.25, 0.3) is 0 Å². The summed E-state index contributed by atoms with van der Waals surface area (Å²) in [4.78, 5) is 43.9. The van der Waals surface area contributed by atoms with Crippen LogP contribution in [-0.4, -0.2) is 98.8 Å². The summed E-state index contributed by atoms with van der Waals surface area (Å²) in [7, 11) is 1.58. The van der Waals surface area contributed by atoms with Crippen LogP contribution in [0.2, 0.25) is 5.02 Å². The lowest BCUT2D eigenvalue weighted by atomic mass is 10.00. The van der Waals surface area contributed by atoms with Crippen LogP contribution in [-0.2, 0) is 14.4 Å². The second-order valence-electron chi connectivity index (χ2n) is 10.0. The van der Waals surface area contributed by atoms with E-state index >= 15 is 0 Å². The van der Waals surface area contributed by atoms with Gasteiger partial charge in [-0.25, -0.2) is 0 Å². The predicted octanol–water partition coefficient (Wildman–Crippen LogP) is 0.316. The highest BCUT2D eigenvalue weighted by Crippen LogP contribution is 2.34. The quantitative estimate of drug-likeness (QED) is 0.288. The van der Waals surface area contributed by atoms with E-state index in [1.165, 1.54) is 4.90 Å². The first kappa shape index (κ1) is 29.2. The molecule has 0 spiro atoms. The molecule has 0 unspecified atom stereocenters. The molecule has 14 heteroatoms. The number of aryl methyl sites for hydroxylation is 1. The number of aliphatic imine (C=N–C) groups is 1. The van der Waals surface area contributed by atoms with Gasteiger partial charge in [0, 0.05) is 29.2 Å². The van der Waals surface area contributed by atoms with Crippen LogP contribution in [0.4, 0.5) is 0 Å². The van der Waals surface area contributed by atoms with Crippen molar-refractivity contribution in [1.29, 1.82) is 0 Å². The third-order valence-corrected chi connectivity index (χ3v) is 7.38. The van der Waals surface area contributed by atoms with Crippen LogP contribution in [0.1, 0.15) is 35.2 Å². The van der Waals surface area contributed by atoms with Crippen LogP contribution in [0.15, 0.2) is 47.5 Å². The molecule has 13 nitrogen and oxygen atoms in total. The predicted molar refractivity (Wildman–Crippen MR) is 152 cm³/mol. The van der Waals surface area contributed by atoms with Crippen molar-refractivity contribution in [3.8, 4) is 11.4 Å². The number of amides is 3. The summed E-state index contributed by atoms with van der Waals surface area (Å²) in [6, 6.07) is 12.0. The molecule has 3 aromatic rings. The van der Waals surface area contributed by atoms with Gasteiger partial charge < -0.3 is 30.5 Å². The molecule has 1 fully saturated rings. The fraction of sp³-hybridized carbons (Fsp3) is 0.357. The number of aromatic nitrogens is 3. The van der Waals surface area contributed by atoms with Gasteiger partial charge in [0.2, 0.25) is 17.7 Å². The van der Waals surface area contributed by atoms with Gasteiger partial charge in [0.1, 0.15) is 17.6 Å². The smallest absolute Gasteiger partial charge is 0.242 e. The number of carbonyl (C=O) groups excluding carboxylic acids is 3. The zero-order valence-corrected chi connectivity index (χ0v) is 23.7. The van der Waals surface area contributed by atoms with Crippen molar-refractivity contribution in [2.24, 2.45) is 4.99 Å². The summed E-state index contributed by atoms with van der Waals surface area (Å²) in [6.07, 6.45) is -2.16. The Morgan fingerprint density at radius 3 is 2.38 bits per heavy atom. The van der Waals surface area contributed by atoms with Gasteiger partial charge in [-0.1, -0.05) is 23.7 Å². The van der Waals surface area contributed by atoms with Gasteiger partial charge in [-0.15, -0.1) is 10.2 Å². The molecule has 0 saturated carbocycles. The normalized spacial score (nSPS) is 19.3. The highest BCUT2D eigenvalue weighted by atomic mass is 35.5. The molecule has 1 saturated heterocycles. The largest absolute Gasteiger partial charge is 0.497 e. The SMILES string of the molecule is COc1ccc2c(c1)C(c1ccc(Cl)cc1)=N[C@@H](CC(=O)NCC(=O)NCC(=O)N1C[C@@H](O)[C@@H](O)C1)c1nnc(C)n1-2. The highest BCUT2D eigenvalue weighted by molar-refractivity contribution is 6.30. The van der Waals surface area contributed by atoms with Crippen LogP contribution in [0.5, 0.6) is 5.75 Å². The van der Waals surface area contributed by atoms with Crippen molar-refractivity contribution < 1.29 is 29.3 Å². The zero-order chi connectivity index (χ0) is 30.0. The van der Waals surface area contributed by atoms with Gasteiger partial charge in [-0.3, -0.25) is 23.9 Å². The first-order valence-electron chi connectivity index (χ1n) is 13.3. The Labute approximate surface area is 246 Å². The van der Waals surface area contributed by atoms with Gasteiger partial charge in [0.15, 0.2) is 5.82 Å². The van der Waals surface area contributed by atoms with Crippen LogP contribution >= 0.6 is 11.6 Å². The van der Waals surface area contributed by atoms with E-state index in [0.717, 1.165) is 16.8 Å². The maximum absolute atomic E-state index is 13.0. The molecular formula is C28H30ClN7O6. The van der Waals surface area contributed by atoms with Crippen LogP contribution < -0.4 is 15.4 Å². The molecule has 1 aromatic heterocycles. The van der Waals surface area contributed by atoms with Crippen LogP contribution in [0.25, 0.3) is 5.69 Å². The maximum Gasteiger partial charge on any atom is 0.242 e. The second-order valence-corrected chi connectivity index (χ2v) is 10.5. The molecule has 0 aliphatic carbocycles. The monoisotopic (exact) mass is 595 g/mol. The number of likely N-dealkylation sites (tertiary alicyclic amines) is 1. The van der Waals surface area contributed by atoms with E-state index < -0.39 is 36.0 Å². The number of nitrogens with one attached hydrogen (secondary N) is 2. The molecule has 0 radical (unpaired) electrons. The fourth-order valence-corrected chi connectivity index (χ4v) is 5.05. The molecule has 2 aliphatic rings. The third kappa shape index (κ3) is 6.12. The summed E-state index contributed by atoms with van der Waals surface area (Å²) in [5.74, 6) is 0.225. The minimum atomic E-state index is -1.01. The number of hydrogen-bond donors (Lipinski definition) is 4. The van der Waals surface area contributed by atoms with Gasteiger partial charge in [0.05, 0.1) is 50.2 Å². The van der Waals surface area contributed by atoms with Crippen molar-refractivity contribution >= 4 is 35.0 Å². The number of nitrogens with zero attached hydrogens (tertiary/aromatic N) is 5. The number of rotatable bonds is 8. The van der Waals surface area contributed by atoms with E-state index in [-0.39, 0.29) is 32.6 Å². The zero-order valence-electron chi connectivity index (χ0n) is 23.0. The van der Waals surface area contributed by atoms with Crippen molar-refractivity contribution in [1.82, 2.24) is 30.3 Å². The Morgan fingerprint density at radius 1 is 1.00 bits per heavy atom. The first-order valence-corrected chi connectivity index (χ1v) is 13.6. The summed E-state index contributed by atoms with van der Waals surface area (Å²) in [6.45, 7) is 1.11. The number of β-amino-alcohol motifs (C(OH)–C–C–N with tert-alkyl or cyclic N) is 2. The summed E-state index contributed by atoms with van der Waals surface area (Å²) in [5, 5.41) is 33.4. The number of aliphatic hydroxyl groups is 2. The number of aliphatic hydroxyl groups excluding tert-OH is 2. The number of ether oxygens (including phenoxy) is 1. The first-order chi connectivity index (χ1) is 20.1. The number of benzene rings is 2. The van der Waals surface area contributed by atoms with E-state index in [0.29, 0.717) is 28.1 Å². The second kappa shape index (κ2) is 12.3. The average molecular weight is 596 g/mol. The Kier molecular flexibility index (Phi) is 8.52. The molecule has 4 N–H and O–H groups in total. The molecule has 3 amide bonds. The van der Waals surface area contributed by atoms with Gasteiger partial charge in [-0.2, -0.15) is 0 Å². The van der Waals surface area contributed by atoms with E-state index in [2.05, 4.69) is 20.8 Å². The number of halogens is 1. The summed E-state index contributed by atoms with van der Waals surface area (Å²) in [5.41, 5.74) is 2.91. The van der Waals surface area contributed by atoms with Crippen molar-refractivity contribution in [2.75, 3.05) is 33.3 Å². The molecule has 5 rings (SSSR count).